The fourth-order valence-electron chi connectivity index (χ4n) is 5.87. The third kappa shape index (κ3) is 1.30. The van der Waals surface area contributed by atoms with Crippen LogP contribution in [0.3, 0.4) is 0 Å². The van der Waals surface area contributed by atoms with Gasteiger partial charge >= 0.3 is 5.97 Å². The number of carbonyl (C=O) groups is 1. The Hall–Kier alpha value is -0.610. The lowest BCUT2D eigenvalue weighted by molar-refractivity contribution is -0.237. The lowest BCUT2D eigenvalue weighted by atomic mass is 9.64. The molecule has 1 saturated heterocycles. The lowest BCUT2D eigenvalue weighted by Gasteiger charge is -2.46. The first kappa shape index (κ1) is 12.2. The van der Waals surface area contributed by atoms with Crippen molar-refractivity contribution in [1.29, 1.82) is 0 Å². The highest BCUT2D eigenvalue weighted by Gasteiger charge is 2.73. The van der Waals surface area contributed by atoms with Crippen LogP contribution in [0.5, 0.6) is 0 Å². The summed E-state index contributed by atoms with van der Waals surface area (Å²) in [5, 5.41) is 0. The average Bonchev–Trinajstić information content (AvgIpc) is 3.00. The molecule has 106 valence electrons. The van der Waals surface area contributed by atoms with E-state index in [-0.39, 0.29) is 16.8 Å². The van der Waals surface area contributed by atoms with Gasteiger partial charge in [0, 0.05) is 5.41 Å². The van der Waals surface area contributed by atoms with Gasteiger partial charge in [0.05, 0.1) is 25.7 Å². The molecule has 1 aliphatic heterocycles. The van der Waals surface area contributed by atoms with Crippen molar-refractivity contribution in [2.75, 3.05) is 20.3 Å². The van der Waals surface area contributed by atoms with Gasteiger partial charge in [0.15, 0.2) is 5.79 Å². The van der Waals surface area contributed by atoms with Gasteiger partial charge in [-0.2, -0.15) is 0 Å². The van der Waals surface area contributed by atoms with Gasteiger partial charge < -0.3 is 14.2 Å². The number of hydrogen-bond donors (Lipinski definition) is 0. The summed E-state index contributed by atoms with van der Waals surface area (Å²) in [6.07, 6.45) is 5.27. The molecule has 0 amide bonds. The number of carbonyl (C=O) groups excluding carboxylic acids is 1. The molecule has 5 fully saturated rings. The van der Waals surface area contributed by atoms with Crippen molar-refractivity contribution in [2.45, 2.75) is 44.8 Å². The Bertz CT molecular complexity index is 428. The van der Waals surface area contributed by atoms with Crippen LogP contribution in [0.25, 0.3) is 0 Å². The van der Waals surface area contributed by atoms with Gasteiger partial charge in [-0.05, 0) is 50.9 Å². The summed E-state index contributed by atoms with van der Waals surface area (Å²) in [6.45, 7) is 3.45. The smallest absolute Gasteiger partial charge is 0.311 e. The average molecular weight is 266 g/mol. The van der Waals surface area contributed by atoms with Crippen LogP contribution in [-0.2, 0) is 19.0 Å². The number of hydrogen-bond acceptors (Lipinski definition) is 4. The quantitative estimate of drug-likeness (QED) is 0.718. The molecule has 0 spiro atoms. The predicted molar refractivity (Wildman–Crippen MR) is 67.3 cm³/mol. The van der Waals surface area contributed by atoms with Gasteiger partial charge in [-0.15, -0.1) is 0 Å². The highest BCUT2D eigenvalue weighted by molar-refractivity contribution is 5.78. The van der Waals surface area contributed by atoms with E-state index in [4.69, 9.17) is 14.2 Å². The molecule has 0 aromatic heterocycles. The first-order valence-electron chi connectivity index (χ1n) is 7.40. The zero-order valence-electron chi connectivity index (χ0n) is 11.7. The number of methoxy groups -OCH3 is 1. The molecule has 1 heterocycles. The standard InChI is InChI=1S/C15H22O4/c1-13(18-3-4-19-13)15-7-10-5-11(15)8-14(6-10,9-15)12(16)17-2/h10-11H,3-9H2,1-2H3. The summed E-state index contributed by atoms with van der Waals surface area (Å²) < 4.78 is 17.1. The van der Waals surface area contributed by atoms with E-state index < -0.39 is 5.79 Å². The van der Waals surface area contributed by atoms with Crippen molar-refractivity contribution in [1.82, 2.24) is 0 Å². The minimum Gasteiger partial charge on any atom is -0.469 e. The summed E-state index contributed by atoms with van der Waals surface area (Å²) in [5.41, 5.74) is -0.209. The molecule has 4 heteroatoms. The summed E-state index contributed by atoms with van der Waals surface area (Å²) in [4.78, 5) is 12.3. The topological polar surface area (TPSA) is 44.8 Å². The molecule has 4 bridgehead atoms. The maximum absolute atomic E-state index is 12.3. The molecule has 4 nitrogen and oxygen atoms in total. The zero-order valence-corrected chi connectivity index (χ0v) is 11.7. The van der Waals surface area contributed by atoms with Gasteiger partial charge in [-0.3, -0.25) is 4.79 Å². The Labute approximate surface area is 113 Å². The molecule has 19 heavy (non-hydrogen) atoms. The van der Waals surface area contributed by atoms with Crippen LogP contribution >= 0.6 is 0 Å². The third-order valence-corrected chi connectivity index (χ3v) is 6.38. The lowest BCUT2D eigenvalue weighted by Crippen LogP contribution is -2.49. The van der Waals surface area contributed by atoms with Crippen LogP contribution < -0.4 is 0 Å². The van der Waals surface area contributed by atoms with Crippen molar-refractivity contribution in [3.8, 4) is 0 Å². The Morgan fingerprint density at radius 2 is 1.95 bits per heavy atom. The molecule has 5 rings (SSSR count). The first-order valence-corrected chi connectivity index (χ1v) is 7.40. The highest BCUT2D eigenvalue weighted by atomic mass is 16.7. The van der Waals surface area contributed by atoms with Crippen molar-refractivity contribution in [2.24, 2.45) is 22.7 Å². The van der Waals surface area contributed by atoms with E-state index in [1.54, 1.807) is 0 Å². The van der Waals surface area contributed by atoms with Crippen molar-refractivity contribution in [3.05, 3.63) is 0 Å². The molecule has 4 aliphatic carbocycles. The molecule has 4 unspecified atom stereocenters. The minimum absolute atomic E-state index is 0.00891. The van der Waals surface area contributed by atoms with Crippen LogP contribution in [0.15, 0.2) is 0 Å². The van der Waals surface area contributed by atoms with Crippen LogP contribution in [0.4, 0.5) is 0 Å². The first-order chi connectivity index (χ1) is 9.04. The van der Waals surface area contributed by atoms with E-state index in [9.17, 15) is 4.79 Å². The van der Waals surface area contributed by atoms with Crippen molar-refractivity contribution >= 4 is 5.97 Å². The molecule has 4 atom stereocenters. The SMILES string of the molecule is COC(=O)C12CC3CC(C1)C(C1(C)OCCO1)(C3)C2. The Morgan fingerprint density at radius 1 is 1.21 bits per heavy atom. The molecule has 0 aromatic rings. The Kier molecular flexibility index (Phi) is 2.26. The molecule has 0 N–H and O–H groups in total. The largest absolute Gasteiger partial charge is 0.469 e. The second-order valence-electron chi connectivity index (χ2n) is 7.16. The van der Waals surface area contributed by atoms with Gasteiger partial charge in [-0.1, -0.05) is 0 Å². The Balaban J connectivity index is 1.74. The Morgan fingerprint density at radius 3 is 2.63 bits per heavy atom. The van der Waals surface area contributed by atoms with Gasteiger partial charge in [-0.25, -0.2) is 0 Å². The van der Waals surface area contributed by atoms with E-state index in [1.807, 2.05) is 0 Å². The molecule has 4 saturated carbocycles. The van der Waals surface area contributed by atoms with E-state index >= 15 is 0 Å². The van der Waals surface area contributed by atoms with Crippen LogP contribution in [0.2, 0.25) is 0 Å². The van der Waals surface area contributed by atoms with Crippen LogP contribution in [-0.4, -0.2) is 32.1 Å². The summed E-state index contributed by atoms with van der Waals surface area (Å²) in [6, 6.07) is 0. The van der Waals surface area contributed by atoms with Crippen molar-refractivity contribution < 1.29 is 19.0 Å². The van der Waals surface area contributed by atoms with E-state index in [2.05, 4.69) is 6.92 Å². The third-order valence-electron chi connectivity index (χ3n) is 6.38. The number of rotatable bonds is 2. The summed E-state index contributed by atoms with van der Waals surface area (Å²) in [7, 11) is 1.52. The van der Waals surface area contributed by atoms with E-state index in [1.165, 1.54) is 13.5 Å². The summed E-state index contributed by atoms with van der Waals surface area (Å²) in [5.74, 6) is 0.720. The van der Waals surface area contributed by atoms with Gasteiger partial charge in [0.1, 0.15) is 0 Å². The molecular weight excluding hydrogens is 244 g/mol. The fraction of sp³-hybridized carbons (Fsp3) is 0.933. The zero-order chi connectivity index (χ0) is 13.3. The molecular formula is C15H22O4. The van der Waals surface area contributed by atoms with Gasteiger partial charge in [0.25, 0.3) is 0 Å². The van der Waals surface area contributed by atoms with Crippen molar-refractivity contribution in [3.63, 3.8) is 0 Å². The van der Waals surface area contributed by atoms with Gasteiger partial charge in [0.2, 0.25) is 0 Å². The minimum atomic E-state index is -0.484. The monoisotopic (exact) mass is 266 g/mol. The number of esters is 1. The second kappa shape index (κ2) is 3.53. The maximum Gasteiger partial charge on any atom is 0.311 e. The maximum atomic E-state index is 12.3. The normalized spacial score (nSPS) is 49.8. The van der Waals surface area contributed by atoms with Crippen LogP contribution in [0, 0.1) is 22.7 Å². The second-order valence-corrected chi connectivity index (χ2v) is 7.16. The predicted octanol–water partition coefficient (Wildman–Crippen LogP) is 2.12. The molecule has 0 aromatic carbocycles. The number of ether oxygens (including phenoxy) is 3. The molecule has 5 aliphatic rings. The fourth-order valence-corrected chi connectivity index (χ4v) is 5.87. The van der Waals surface area contributed by atoms with Crippen LogP contribution in [0.1, 0.15) is 39.0 Å². The van der Waals surface area contributed by atoms with E-state index in [0.717, 1.165) is 25.7 Å². The van der Waals surface area contributed by atoms with E-state index in [0.29, 0.717) is 25.0 Å². The molecule has 0 radical (unpaired) electrons. The highest BCUT2D eigenvalue weighted by Crippen LogP contribution is 2.74. The summed E-state index contributed by atoms with van der Waals surface area (Å²) >= 11 is 0.